The van der Waals surface area contributed by atoms with Crippen LogP contribution in [0.2, 0.25) is 0 Å². The molecule has 0 aliphatic carbocycles. The van der Waals surface area contributed by atoms with Gasteiger partial charge in [-0.05, 0) is 23.3 Å². The molecule has 0 saturated carbocycles. The lowest BCUT2D eigenvalue weighted by molar-refractivity contribution is -0.152. The average Bonchev–Trinajstić information content (AvgIpc) is 2.62. The summed E-state index contributed by atoms with van der Waals surface area (Å²) in [5.74, 6) is 0.0423. The monoisotopic (exact) mass is 327 g/mol. The number of amides is 1. The van der Waals surface area contributed by atoms with Crippen molar-refractivity contribution in [2.24, 2.45) is 0 Å². The molecule has 5 heteroatoms. The van der Waals surface area contributed by atoms with E-state index in [1.807, 2.05) is 36.4 Å². The highest BCUT2D eigenvalue weighted by molar-refractivity contribution is 5.86. The smallest absolute Gasteiger partial charge is 0.333 e. The molecule has 0 saturated heterocycles. The maximum absolute atomic E-state index is 12.6. The lowest BCUT2D eigenvalue weighted by Gasteiger charge is -2.26. The van der Waals surface area contributed by atoms with Crippen LogP contribution in [0.3, 0.4) is 0 Å². The van der Waals surface area contributed by atoms with Crippen LogP contribution < -0.4 is 4.74 Å². The molecule has 2 aromatic rings. The Bertz CT molecular complexity index is 700. The average molecular weight is 327 g/mol. The number of esters is 1. The van der Waals surface area contributed by atoms with Crippen molar-refractivity contribution < 1.29 is 19.1 Å². The molecule has 1 amide bonds. The summed E-state index contributed by atoms with van der Waals surface area (Å²) in [6.07, 6.45) is 0.175. The van der Waals surface area contributed by atoms with Gasteiger partial charge in [0.25, 0.3) is 0 Å². The first kappa shape index (κ1) is 17.5. The van der Waals surface area contributed by atoms with Crippen molar-refractivity contribution in [3.8, 4) is 5.75 Å². The molecule has 2 aromatic carbocycles. The first-order chi connectivity index (χ1) is 11.6. The lowest BCUT2D eigenvalue weighted by Crippen LogP contribution is -2.37. The molecule has 24 heavy (non-hydrogen) atoms. The van der Waals surface area contributed by atoms with Crippen LogP contribution in [0.1, 0.15) is 17.2 Å². The van der Waals surface area contributed by atoms with Gasteiger partial charge in [0, 0.05) is 7.05 Å². The second kappa shape index (κ2) is 8.15. The quantitative estimate of drug-likeness (QED) is 0.765. The zero-order chi connectivity index (χ0) is 17.5. The van der Waals surface area contributed by atoms with Gasteiger partial charge in [-0.3, -0.25) is 4.79 Å². The zero-order valence-corrected chi connectivity index (χ0v) is 14.1. The van der Waals surface area contributed by atoms with Gasteiger partial charge in [-0.15, -0.1) is 0 Å². The van der Waals surface area contributed by atoms with E-state index >= 15 is 0 Å². The Kier molecular flexibility index (Phi) is 5.95. The number of hydrogen-bond acceptors (Lipinski definition) is 4. The lowest BCUT2D eigenvalue weighted by atomic mass is 10.0. The van der Waals surface area contributed by atoms with Crippen molar-refractivity contribution in [2.45, 2.75) is 12.5 Å². The summed E-state index contributed by atoms with van der Waals surface area (Å²) in [6, 6.07) is 15.6. The van der Waals surface area contributed by atoms with Gasteiger partial charge in [0.2, 0.25) is 5.91 Å². The summed E-state index contributed by atoms with van der Waals surface area (Å²) in [7, 11) is 4.51. The molecule has 5 nitrogen and oxygen atoms in total. The SMILES string of the molecule is COC(=O)[C@@H](c1ccccc1)N(C)C(=O)Cc1cccc(OC)c1. The molecule has 0 radical (unpaired) electrons. The van der Waals surface area contributed by atoms with Crippen LogP contribution in [0.25, 0.3) is 0 Å². The molecule has 0 spiro atoms. The first-order valence-corrected chi connectivity index (χ1v) is 7.58. The van der Waals surface area contributed by atoms with E-state index in [9.17, 15) is 9.59 Å². The van der Waals surface area contributed by atoms with Crippen molar-refractivity contribution in [1.82, 2.24) is 4.90 Å². The molecular formula is C19H21NO4. The third-order valence-corrected chi connectivity index (χ3v) is 3.81. The number of carbonyl (C=O) groups excluding carboxylic acids is 2. The van der Waals surface area contributed by atoms with Crippen molar-refractivity contribution >= 4 is 11.9 Å². The summed E-state index contributed by atoms with van der Waals surface area (Å²) in [5, 5.41) is 0. The number of carbonyl (C=O) groups is 2. The molecule has 2 rings (SSSR count). The van der Waals surface area contributed by atoms with E-state index in [2.05, 4.69) is 0 Å². The fourth-order valence-corrected chi connectivity index (χ4v) is 2.49. The highest BCUT2D eigenvalue weighted by Gasteiger charge is 2.29. The maximum Gasteiger partial charge on any atom is 0.333 e. The van der Waals surface area contributed by atoms with Crippen LogP contribution in [0, 0.1) is 0 Å². The third-order valence-electron chi connectivity index (χ3n) is 3.81. The molecule has 1 atom stereocenters. The van der Waals surface area contributed by atoms with Crippen LogP contribution >= 0.6 is 0 Å². The Morgan fingerprint density at radius 3 is 2.38 bits per heavy atom. The predicted molar refractivity (Wildman–Crippen MR) is 90.7 cm³/mol. The molecule has 0 N–H and O–H groups in total. The van der Waals surface area contributed by atoms with Gasteiger partial charge in [0.1, 0.15) is 5.75 Å². The van der Waals surface area contributed by atoms with Gasteiger partial charge < -0.3 is 14.4 Å². The summed E-state index contributed by atoms with van der Waals surface area (Å²) < 4.78 is 10.0. The summed E-state index contributed by atoms with van der Waals surface area (Å²) in [4.78, 5) is 26.2. The van der Waals surface area contributed by atoms with E-state index < -0.39 is 12.0 Å². The topological polar surface area (TPSA) is 55.8 Å². The number of benzene rings is 2. The largest absolute Gasteiger partial charge is 0.497 e. The van der Waals surface area contributed by atoms with Crippen molar-refractivity contribution in [3.05, 3.63) is 65.7 Å². The Morgan fingerprint density at radius 2 is 1.75 bits per heavy atom. The molecule has 0 aliphatic heterocycles. The molecule has 0 bridgehead atoms. The van der Waals surface area contributed by atoms with E-state index in [0.717, 1.165) is 5.56 Å². The van der Waals surface area contributed by atoms with Crippen molar-refractivity contribution in [1.29, 1.82) is 0 Å². The summed E-state index contributed by atoms with van der Waals surface area (Å²) in [6.45, 7) is 0. The van der Waals surface area contributed by atoms with Gasteiger partial charge in [0.15, 0.2) is 6.04 Å². The Hall–Kier alpha value is -2.82. The summed E-state index contributed by atoms with van der Waals surface area (Å²) >= 11 is 0. The van der Waals surface area contributed by atoms with Crippen LogP contribution in [-0.4, -0.2) is 38.0 Å². The fourth-order valence-electron chi connectivity index (χ4n) is 2.49. The molecule has 0 unspecified atom stereocenters. The molecule has 0 heterocycles. The second-order valence-electron chi connectivity index (χ2n) is 5.37. The third kappa shape index (κ3) is 4.13. The number of hydrogen-bond donors (Lipinski definition) is 0. The highest BCUT2D eigenvalue weighted by atomic mass is 16.5. The fraction of sp³-hybridized carbons (Fsp3) is 0.263. The van der Waals surface area contributed by atoms with Gasteiger partial charge in [-0.1, -0.05) is 42.5 Å². The Labute approximate surface area is 141 Å². The van der Waals surface area contributed by atoms with Gasteiger partial charge in [-0.2, -0.15) is 0 Å². The number of ether oxygens (including phenoxy) is 2. The molecule has 0 aromatic heterocycles. The second-order valence-corrected chi connectivity index (χ2v) is 5.37. The van der Waals surface area contributed by atoms with E-state index in [0.29, 0.717) is 11.3 Å². The Balaban J connectivity index is 2.20. The maximum atomic E-state index is 12.6. The minimum atomic E-state index is -0.769. The molecule has 0 fully saturated rings. The zero-order valence-electron chi connectivity index (χ0n) is 14.1. The first-order valence-electron chi connectivity index (χ1n) is 7.58. The molecule has 126 valence electrons. The van der Waals surface area contributed by atoms with Crippen LogP contribution in [0.5, 0.6) is 5.75 Å². The van der Waals surface area contributed by atoms with Crippen LogP contribution in [0.15, 0.2) is 54.6 Å². The highest BCUT2D eigenvalue weighted by Crippen LogP contribution is 2.22. The number of methoxy groups -OCH3 is 2. The predicted octanol–water partition coefficient (Wildman–Crippen LogP) is 2.61. The number of nitrogens with zero attached hydrogens (tertiary/aromatic N) is 1. The summed E-state index contributed by atoms with van der Waals surface area (Å²) in [5.41, 5.74) is 1.54. The van der Waals surface area contributed by atoms with E-state index in [1.54, 1.807) is 32.4 Å². The minimum absolute atomic E-state index is 0.175. The van der Waals surface area contributed by atoms with Crippen molar-refractivity contribution in [2.75, 3.05) is 21.3 Å². The number of rotatable bonds is 6. The van der Waals surface area contributed by atoms with E-state index in [4.69, 9.17) is 9.47 Å². The van der Waals surface area contributed by atoms with Gasteiger partial charge in [-0.25, -0.2) is 4.79 Å². The molecule has 0 aliphatic rings. The van der Waals surface area contributed by atoms with Crippen LogP contribution in [0.4, 0.5) is 0 Å². The number of likely N-dealkylation sites (N-methyl/N-ethyl adjacent to an activating group) is 1. The van der Waals surface area contributed by atoms with E-state index in [-0.39, 0.29) is 12.3 Å². The normalized spacial score (nSPS) is 11.5. The molecular weight excluding hydrogens is 306 g/mol. The van der Waals surface area contributed by atoms with Gasteiger partial charge >= 0.3 is 5.97 Å². The Morgan fingerprint density at radius 1 is 1.04 bits per heavy atom. The minimum Gasteiger partial charge on any atom is -0.497 e. The van der Waals surface area contributed by atoms with Gasteiger partial charge in [0.05, 0.1) is 20.6 Å². The van der Waals surface area contributed by atoms with Crippen molar-refractivity contribution in [3.63, 3.8) is 0 Å². The van der Waals surface area contributed by atoms with E-state index in [1.165, 1.54) is 12.0 Å². The standard InChI is InChI=1S/C19H21NO4/c1-20(17(21)13-14-8-7-11-16(12-14)23-2)18(19(22)24-3)15-9-5-4-6-10-15/h4-12,18H,13H2,1-3H3/t18-/m1/s1. The van der Waals surface area contributed by atoms with Crippen LogP contribution in [-0.2, 0) is 20.7 Å².